The first kappa shape index (κ1) is 15.8. The van der Waals surface area contributed by atoms with E-state index < -0.39 is 0 Å². The predicted molar refractivity (Wildman–Crippen MR) is 99.4 cm³/mol. The highest BCUT2D eigenvalue weighted by atomic mass is 16.1. The highest BCUT2D eigenvalue weighted by Crippen LogP contribution is 2.21. The summed E-state index contributed by atoms with van der Waals surface area (Å²) in [5.74, 6) is 0.151. The summed E-state index contributed by atoms with van der Waals surface area (Å²) in [6, 6.07) is 17.1. The molecular formula is C19H16N6O. The van der Waals surface area contributed by atoms with Gasteiger partial charge in [0.1, 0.15) is 0 Å². The van der Waals surface area contributed by atoms with Crippen LogP contribution in [-0.4, -0.2) is 25.5 Å². The lowest BCUT2D eigenvalue weighted by Crippen LogP contribution is -2.14. The number of hydrogen-bond donors (Lipinski definition) is 2. The van der Waals surface area contributed by atoms with Crippen LogP contribution in [0.5, 0.6) is 0 Å². The van der Waals surface area contributed by atoms with Crippen LogP contribution in [0.4, 0.5) is 11.6 Å². The van der Waals surface area contributed by atoms with Crippen LogP contribution in [0.3, 0.4) is 0 Å². The van der Waals surface area contributed by atoms with Gasteiger partial charge in [-0.1, -0.05) is 30.3 Å². The summed E-state index contributed by atoms with van der Waals surface area (Å²) in [6.45, 7) is 0. The summed E-state index contributed by atoms with van der Waals surface area (Å²) in [7, 11) is 0. The number of carbonyl (C=O) groups excluding carboxylic acids is 1. The van der Waals surface area contributed by atoms with Crippen LogP contribution < -0.4 is 11.1 Å². The second-order valence-corrected chi connectivity index (χ2v) is 5.81. The fourth-order valence-electron chi connectivity index (χ4n) is 2.76. The summed E-state index contributed by atoms with van der Waals surface area (Å²) in [5.41, 5.74) is 9.84. The number of hydrogen-bond acceptors (Lipinski definition) is 5. The fourth-order valence-corrected chi connectivity index (χ4v) is 2.76. The SMILES string of the molecule is Nc1nc2cccc(-c3ccc(CC(=O)Nc4cccnc4)cc3)n2n1. The molecule has 0 atom stereocenters. The lowest BCUT2D eigenvalue weighted by Gasteiger charge is -2.07. The Morgan fingerprint density at radius 3 is 2.69 bits per heavy atom. The Balaban J connectivity index is 1.52. The molecule has 0 saturated heterocycles. The van der Waals surface area contributed by atoms with Crippen molar-refractivity contribution in [3.8, 4) is 11.3 Å². The van der Waals surface area contributed by atoms with Crippen molar-refractivity contribution >= 4 is 23.2 Å². The maximum Gasteiger partial charge on any atom is 0.240 e. The maximum absolute atomic E-state index is 12.1. The number of anilines is 2. The Morgan fingerprint density at radius 2 is 1.92 bits per heavy atom. The standard InChI is InChI=1S/C19H16N6O/c20-19-23-17-5-1-4-16(25(17)24-19)14-8-6-13(7-9-14)11-18(26)22-15-3-2-10-21-12-15/h1-10,12H,11H2,(H2,20,24)(H,22,26). The van der Waals surface area contributed by atoms with Crippen LogP contribution in [-0.2, 0) is 11.2 Å². The molecule has 26 heavy (non-hydrogen) atoms. The van der Waals surface area contributed by atoms with E-state index in [9.17, 15) is 4.79 Å². The van der Waals surface area contributed by atoms with Gasteiger partial charge >= 0.3 is 0 Å². The largest absolute Gasteiger partial charge is 0.366 e. The molecule has 3 heterocycles. The smallest absolute Gasteiger partial charge is 0.240 e. The van der Waals surface area contributed by atoms with E-state index in [4.69, 9.17) is 5.73 Å². The topological polar surface area (TPSA) is 98.2 Å². The second-order valence-electron chi connectivity index (χ2n) is 5.81. The van der Waals surface area contributed by atoms with E-state index in [-0.39, 0.29) is 18.3 Å². The molecule has 0 spiro atoms. The molecule has 7 nitrogen and oxygen atoms in total. The van der Waals surface area contributed by atoms with Gasteiger partial charge in [0.15, 0.2) is 5.65 Å². The van der Waals surface area contributed by atoms with E-state index in [1.807, 2.05) is 42.5 Å². The summed E-state index contributed by atoms with van der Waals surface area (Å²) in [4.78, 5) is 20.3. The van der Waals surface area contributed by atoms with E-state index >= 15 is 0 Å². The zero-order valence-electron chi connectivity index (χ0n) is 13.8. The lowest BCUT2D eigenvalue weighted by molar-refractivity contribution is -0.115. The van der Waals surface area contributed by atoms with Gasteiger partial charge in [0, 0.05) is 11.8 Å². The van der Waals surface area contributed by atoms with Crippen molar-refractivity contribution in [1.29, 1.82) is 0 Å². The van der Waals surface area contributed by atoms with E-state index in [0.717, 1.165) is 16.8 Å². The number of amides is 1. The average Bonchev–Trinajstić information content (AvgIpc) is 3.03. The van der Waals surface area contributed by atoms with Crippen LogP contribution >= 0.6 is 0 Å². The number of nitrogens with two attached hydrogens (primary N) is 1. The van der Waals surface area contributed by atoms with Crippen LogP contribution in [0.2, 0.25) is 0 Å². The quantitative estimate of drug-likeness (QED) is 0.593. The molecular weight excluding hydrogens is 328 g/mol. The average molecular weight is 344 g/mol. The van der Waals surface area contributed by atoms with Gasteiger partial charge in [0.2, 0.25) is 11.9 Å². The highest BCUT2D eigenvalue weighted by Gasteiger charge is 2.08. The van der Waals surface area contributed by atoms with Crippen molar-refractivity contribution in [1.82, 2.24) is 19.6 Å². The number of pyridine rings is 2. The zero-order valence-corrected chi connectivity index (χ0v) is 13.8. The Kier molecular flexibility index (Phi) is 4.03. The molecule has 4 aromatic rings. The first-order valence-corrected chi connectivity index (χ1v) is 8.09. The monoisotopic (exact) mass is 344 g/mol. The molecule has 128 valence electrons. The Bertz CT molecular complexity index is 1060. The van der Waals surface area contributed by atoms with Crippen molar-refractivity contribution in [3.05, 3.63) is 72.6 Å². The van der Waals surface area contributed by atoms with Crippen LogP contribution in [0.25, 0.3) is 16.9 Å². The molecule has 3 aromatic heterocycles. The van der Waals surface area contributed by atoms with E-state index in [2.05, 4.69) is 20.4 Å². The molecule has 4 rings (SSSR count). The number of carbonyl (C=O) groups is 1. The molecule has 0 radical (unpaired) electrons. The third-order valence-corrected chi connectivity index (χ3v) is 3.94. The molecule has 0 unspecified atom stereocenters. The van der Waals surface area contributed by atoms with Crippen LogP contribution in [0, 0.1) is 0 Å². The van der Waals surface area contributed by atoms with Crippen molar-refractivity contribution in [2.45, 2.75) is 6.42 Å². The number of aromatic nitrogens is 4. The van der Waals surface area contributed by atoms with Gasteiger partial charge in [-0.3, -0.25) is 9.78 Å². The van der Waals surface area contributed by atoms with E-state index in [0.29, 0.717) is 11.3 Å². The molecule has 3 N–H and O–H groups in total. The number of fused-ring (bicyclic) bond motifs is 1. The van der Waals surface area contributed by atoms with Crippen LogP contribution in [0.15, 0.2) is 67.0 Å². The first-order valence-electron chi connectivity index (χ1n) is 8.09. The molecule has 0 fully saturated rings. The number of benzene rings is 1. The van der Waals surface area contributed by atoms with Crippen molar-refractivity contribution in [2.75, 3.05) is 11.1 Å². The number of rotatable bonds is 4. The fraction of sp³-hybridized carbons (Fsp3) is 0.0526. The molecule has 0 aliphatic carbocycles. The lowest BCUT2D eigenvalue weighted by atomic mass is 10.1. The minimum absolute atomic E-state index is 0.0862. The van der Waals surface area contributed by atoms with Gasteiger partial charge in [-0.15, -0.1) is 5.10 Å². The third kappa shape index (κ3) is 3.23. The van der Waals surface area contributed by atoms with Crippen molar-refractivity contribution in [3.63, 3.8) is 0 Å². The normalized spacial score (nSPS) is 10.8. The molecule has 0 aliphatic rings. The Morgan fingerprint density at radius 1 is 1.08 bits per heavy atom. The minimum atomic E-state index is -0.0862. The number of nitrogen functional groups attached to an aromatic ring is 1. The maximum atomic E-state index is 12.1. The summed E-state index contributed by atoms with van der Waals surface area (Å²) in [6.07, 6.45) is 3.57. The molecule has 0 saturated carbocycles. The summed E-state index contributed by atoms with van der Waals surface area (Å²) in [5, 5.41) is 7.05. The third-order valence-electron chi connectivity index (χ3n) is 3.94. The molecule has 7 heteroatoms. The van der Waals surface area contributed by atoms with E-state index in [1.54, 1.807) is 29.0 Å². The highest BCUT2D eigenvalue weighted by molar-refractivity contribution is 5.92. The van der Waals surface area contributed by atoms with Gasteiger partial charge in [-0.2, -0.15) is 4.98 Å². The molecule has 0 aliphatic heterocycles. The predicted octanol–water partition coefficient (Wildman–Crippen LogP) is 2.55. The van der Waals surface area contributed by atoms with E-state index in [1.165, 1.54) is 0 Å². The van der Waals surface area contributed by atoms with Gasteiger partial charge in [-0.05, 0) is 29.8 Å². The summed E-state index contributed by atoms with van der Waals surface area (Å²) >= 11 is 0. The van der Waals surface area contributed by atoms with Crippen molar-refractivity contribution < 1.29 is 4.79 Å². The number of nitrogens with one attached hydrogen (secondary N) is 1. The number of nitrogens with zero attached hydrogens (tertiary/aromatic N) is 4. The summed E-state index contributed by atoms with van der Waals surface area (Å²) < 4.78 is 1.71. The second kappa shape index (κ2) is 6.64. The molecule has 1 aromatic carbocycles. The van der Waals surface area contributed by atoms with Crippen LogP contribution in [0.1, 0.15) is 5.56 Å². The zero-order chi connectivity index (χ0) is 17.9. The van der Waals surface area contributed by atoms with Gasteiger partial charge in [-0.25, -0.2) is 4.52 Å². The van der Waals surface area contributed by atoms with Gasteiger partial charge in [0.05, 0.1) is 24.0 Å². The Hall–Kier alpha value is -3.74. The molecule has 0 bridgehead atoms. The van der Waals surface area contributed by atoms with Crippen molar-refractivity contribution in [2.24, 2.45) is 0 Å². The van der Waals surface area contributed by atoms with Gasteiger partial charge in [0.25, 0.3) is 0 Å². The molecule has 1 amide bonds. The Labute approximate surface area is 149 Å². The van der Waals surface area contributed by atoms with Gasteiger partial charge < -0.3 is 11.1 Å². The first-order chi connectivity index (χ1) is 12.7. The minimum Gasteiger partial charge on any atom is -0.366 e.